The van der Waals surface area contributed by atoms with Crippen molar-refractivity contribution in [3.63, 3.8) is 0 Å². The zero-order chi connectivity index (χ0) is 22.4. The van der Waals surface area contributed by atoms with Crippen molar-refractivity contribution in [1.82, 2.24) is 24.9 Å². The molecule has 0 saturated heterocycles. The number of ether oxygens (including phenoxy) is 2. The van der Waals surface area contributed by atoms with Gasteiger partial charge in [0.25, 0.3) is 5.91 Å². The van der Waals surface area contributed by atoms with E-state index >= 15 is 0 Å². The van der Waals surface area contributed by atoms with Crippen molar-refractivity contribution < 1.29 is 19.1 Å². The fraction of sp³-hybridized carbons (Fsp3) is 0.429. The molecule has 3 heterocycles. The first-order chi connectivity index (χ1) is 15.0. The number of aromatic nitrogens is 4. The largest absolute Gasteiger partial charge is 0.460 e. The van der Waals surface area contributed by atoms with Crippen LogP contribution >= 0.6 is 11.8 Å². The molecule has 0 bridgehead atoms. The first kappa shape index (κ1) is 22.8. The number of hydrogen-bond donors (Lipinski definition) is 2. The smallest absolute Gasteiger partial charge is 0.340 e. The summed E-state index contributed by atoms with van der Waals surface area (Å²) in [4.78, 5) is 28.6. The highest BCUT2D eigenvalue weighted by molar-refractivity contribution is 7.98. The monoisotopic (exact) mass is 445 g/mol. The van der Waals surface area contributed by atoms with E-state index in [9.17, 15) is 9.59 Å². The molecule has 0 aliphatic heterocycles. The van der Waals surface area contributed by atoms with Crippen LogP contribution < -0.4 is 5.32 Å². The van der Waals surface area contributed by atoms with E-state index in [4.69, 9.17) is 9.47 Å². The normalized spacial score (nSPS) is 12.1. The quantitative estimate of drug-likeness (QED) is 0.365. The number of carbonyl (C=O) groups excluding carboxylic acids is 2. The summed E-state index contributed by atoms with van der Waals surface area (Å²) in [5.74, 6) is 0.713. The van der Waals surface area contributed by atoms with Crippen molar-refractivity contribution in [3.8, 4) is 0 Å². The number of H-pyrrole nitrogens is 1. The summed E-state index contributed by atoms with van der Waals surface area (Å²) in [5, 5.41) is 11.6. The first-order valence-electron chi connectivity index (χ1n) is 9.92. The number of amides is 1. The number of carbonyl (C=O) groups is 2. The van der Waals surface area contributed by atoms with Gasteiger partial charge in [-0.3, -0.25) is 9.20 Å². The average Bonchev–Trinajstić information content (AvgIpc) is 3.31. The van der Waals surface area contributed by atoms with Crippen LogP contribution in [0.15, 0.2) is 24.4 Å². The van der Waals surface area contributed by atoms with Crippen molar-refractivity contribution in [2.24, 2.45) is 0 Å². The molecule has 2 N–H and O–H groups in total. The van der Waals surface area contributed by atoms with E-state index in [1.807, 2.05) is 35.1 Å². The molecule has 9 nitrogen and oxygen atoms in total. The highest BCUT2D eigenvalue weighted by Gasteiger charge is 2.26. The Hall–Kier alpha value is -2.85. The number of methoxy groups -OCH3 is 1. The maximum absolute atomic E-state index is 13.1. The Bertz CT molecular complexity index is 1060. The SMILES string of the molecule is COCCOC(=O)c1c(C)[nH]c(C(=O)NC(CCSC)c2nnc3ccccn23)c1C. The lowest BCUT2D eigenvalue weighted by atomic mass is 10.1. The third-order valence-electron chi connectivity index (χ3n) is 4.96. The third kappa shape index (κ3) is 5.08. The molecular formula is C21H27N5O4S. The molecule has 1 atom stereocenters. The number of hydrogen-bond acceptors (Lipinski definition) is 7. The molecule has 0 aliphatic rings. The van der Waals surface area contributed by atoms with Crippen LogP contribution in [-0.2, 0) is 9.47 Å². The van der Waals surface area contributed by atoms with E-state index in [2.05, 4.69) is 20.5 Å². The number of nitrogens with zero attached hydrogens (tertiary/aromatic N) is 3. The van der Waals surface area contributed by atoms with E-state index in [1.165, 1.54) is 7.11 Å². The molecule has 31 heavy (non-hydrogen) atoms. The highest BCUT2D eigenvalue weighted by atomic mass is 32.2. The molecule has 10 heteroatoms. The van der Waals surface area contributed by atoms with Crippen molar-refractivity contribution >= 4 is 29.3 Å². The number of fused-ring (bicyclic) bond motifs is 1. The summed E-state index contributed by atoms with van der Waals surface area (Å²) < 4.78 is 12.0. The predicted molar refractivity (Wildman–Crippen MR) is 119 cm³/mol. The summed E-state index contributed by atoms with van der Waals surface area (Å²) in [7, 11) is 1.54. The number of aromatic amines is 1. The van der Waals surface area contributed by atoms with Gasteiger partial charge < -0.3 is 19.8 Å². The molecule has 1 unspecified atom stereocenters. The number of esters is 1. The van der Waals surface area contributed by atoms with E-state index in [-0.39, 0.29) is 18.6 Å². The molecule has 3 rings (SSSR count). The third-order valence-corrected chi connectivity index (χ3v) is 5.60. The van der Waals surface area contributed by atoms with Crippen LogP contribution in [0.5, 0.6) is 0 Å². The summed E-state index contributed by atoms with van der Waals surface area (Å²) in [6.45, 7) is 3.94. The molecule has 3 aromatic heterocycles. The minimum atomic E-state index is -0.482. The lowest BCUT2D eigenvalue weighted by Crippen LogP contribution is -2.31. The van der Waals surface area contributed by atoms with Crippen molar-refractivity contribution in [3.05, 3.63) is 52.7 Å². The maximum Gasteiger partial charge on any atom is 0.340 e. The van der Waals surface area contributed by atoms with Gasteiger partial charge in [-0.05, 0) is 50.0 Å². The number of rotatable bonds is 10. The topological polar surface area (TPSA) is 111 Å². The van der Waals surface area contributed by atoms with Gasteiger partial charge in [-0.2, -0.15) is 11.8 Å². The highest BCUT2D eigenvalue weighted by Crippen LogP contribution is 2.22. The van der Waals surface area contributed by atoms with Gasteiger partial charge in [0.1, 0.15) is 12.3 Å². The Morgan fingerprint density at radius 1 is 1.26 bits per heavy atom. The molecule has 166 valence electrons. The molecule has 0 aromatic carbocycles. The van der Waals surface area contributed by atoms with Crippen LogP contribution in [-0.4, -0.2) is 63.8 Å². The molecule has 0 saturated carbocycles. The summed E-state index contributed by atoms with van der Waals surface area (Å²) in [6.07, 6.45) is 4.58. The predicted octanol–water partition coefficient (Wildman–Crippen LogP) is 2.70. The number of aryl methyl sites for hydroxylation is 1. The second-order valence-corrected chi connectivity index (χ2v) is 8.03. The molecule has 0 fully saturated rings. The van der Waals surface area contributed by atoms with Crippen LogP contribution in [0.25, 0.3) is 5.65 Å². The minimum absolute atomic E-state index is 0.150. The zero-order valence-electron chi connectivity index (χ0n) is 18.1. The number of nitrogens with one attached hydrogen (secondary N) is 2. The molecule has 0 spiro atoms. The van der Waals surface area contributed by atoms with Crippen molar-refractivity contribution in [2.75, 3.05) is 32.3 Å². The second kappa shape index (κ2) is 10.5. The average molecular weight is 446 g/mol. The van der Waals surface area contributed by atoms with Gasteiger partial charge >= 0.3 is 5.97 Å². The van der Waals surface area contributed by atoms with Crippen LogP contribution in [0.2, 0.25) is 0 Å². The van der Waals surface area contributed by atoms with Gasteiger partial charge in [0.2, 0.25) is 0 Å². The standard InChI is InChI=1S/C21H27N5O4S/c1-13-17(21(28)30-11-10-29-3)14(2)22-18(13)20(27)23-15(8-12-31-4)19-25-24-16-7-5-6-9-26(16)19/h5-7,9,15,22H,8,10-12H2,1-4H3,(H,23,27). The Morgan fingerprint density at radius 2 is 2.06 bits per heavy atom. The minimum Gasteiger partial charge on any atom is -0.460 e. The first-order valence-corrected chi connectivity index (χ1v) is 11.3. The molecular weight excluding hydrogens is 418 g/mol. The fourth-order valence-corrected chi connectivity index (χ4v) is 3.87. The van der Waals surface area contributed by atoms with Gasteiger partial charge in [0.05, 0.1) is 18.2 Å². The van der Waals surface area contributed by atoms with E-state index in [0.29, 0.717) is 47.0 Å². The molecule has 0 aliphatic carbocycles. The molecule has 3 aromatic rings. The van der Waals surface area contributed by atoms with E-state index in [1.54, 1.807) is 25.6 Å². The Morgan fingerprint density at radius 3 is 2.81 bits per heavy atom. The van der Waals surface area contributed by atoms with Crippen LogP contribution in [0, 0.1) is 13.8 Å². The lowest BCUT2D eigenvalue weighted by Gasteiger charge is -2.17. The summed E-state index contributed by atoms with van der Waals surface area (Å²) >= 11 is 1.69. The fourth-order valence-electron chi connectivity index (χ4n) is 3.40. The second-order valence-electron chi connectivity index (χ2n) is 7.05. The Kier molecular flexibility index (Phi) is 7.69. The number of thioether (sulfide) groups is 1. The zero-order valence-corrected chi connectivity index (χ0v) is 18.9. The molecule has 1 amide bonds. The lowest BCUT2D eigenvalue weighted by molar-refractivity contribution is 0.0387. The Balaban J connectivity index is 1.84. The maximum atomic E-state index is 13.1. The van der Waals surface area contributed by atoms with Crippen molar-refractivity contribution in [2.45, 2.75) is 26.3 Å². The summed E-state index contributed by atoms with van der Waals surface area (Å²) in [6, 6.07) is 5.32. The van der Waals surface area contributed by atoms with E-state index < -0.39 is 5.97 Å². The van der Waals surface area contributed by atoms with E-state index in [0.717, 1.165) is 5.75 Å². The summed E-state index contributed by atoms with van der Waals surface area (Å²) in [5.41, 5.74) is 2.55. The van der Waals surface area contributed by atoms with Gasteiger partial charge in [0.15, 0.2) is 11.5 Å². The van der Waals surface area contributed by atoms with Crippen LogP contribution in [0.1, 0.15) is 50.4 Å². The van der Waals surface area contributed by atoms with Crippen LogP contribution in [0.4, 0.5) is 0 Å². The van der Waals surface area contributed by atoms with Gasteiger partial charge in [-0.15, -0.1) is 10.2 Å². The van der Waals surface area contributed by atoms with Gasteiger partial charge in [0, 0.05) is 19.0 Å². The van der Waals surface area contributed by atoms with Gasteiger partial charge in [-0.1, -0.05) is 6.07 Å². The molecule has 0 radical (unpaired) electrons. The van der Waals surface area contributed by atoms with Crippen molar-refractivity contribution in [1.29, 1.82) is 0 Å². The van der Waals surface area contributed by atoms with Crippen LogP contribution in [0.3, 0.4) is 0 Å². The Labute approximate surface area is 184 Å². The number of pyridine rings is 1. The van der Waals surface area contributed by atoms with Gasteiger partial charge in [-0.25, -0.2) is 4.79 Å².